The van der Waals surface area contributed by atoms with Crippen molar-refractivity contribution in [3.8, 4) is 0 Å². The molecule has 2 heterocycles. The van der Waals surface area contributed by atoms with Gasteiger partial charge in [-0.15, -0.1) is 0 Å². The number of rotatable bonds is 1. The van der Waals surface area contributed by atoms with E-state index >= 15 is 0 Å². The van der Waals surface area contributed by atoms with Crippen molar-refractivity contribution in [3.63, 3.8) is 0 Å². The maximum atomic E-state index is 6.12. The van der Waals surface area contributed by atoms with Crippen LogP contribution in [0.3, 0.4) is 0 Å². The first kappa shape index (κ1) is 12.7. The van der Waals surface area contributed by atoms with E-state index in [1.165, 1.54) is 31.4 Å². The number of allylic oxidation sites excluding steroid dienone is 2. The highest BCUT2D eigenvalue weighted by molar-refractivity contribution is 6.54. The van der Waals surface area contributed by atoms with Crippen LogP contribution in [0.1, 0.15) is 47.0 Å². The zero-order valence-corrected chi connectivity index (χ0v) is 12.0. The molecule has 1 spiro atoms. The molecule has 0 unspecified atom stereocenters. The molecule has 2 fully saturated rings. The van der Waals surface area contributed by atoms with Crippen LogP contribution in [0.15, 0.2) is 11.5 Å². The predicted octanol–water partition coefficient (Wildman–Crippen LogP) is 2.32. The van der Waals surface area contributed by atoms with Crippen LogP contribution in [0, 0.1) is 5.41 Å². The van der Waals surface area contributed by atoms with Crippen LogP contribution in [0.25, 0.3) is 0 Å². The lowest BCUT2D eigenvalue weighted by Crippen LogP contribution is -2.54. The van der Waals surface area contributed by atoms with Gasteiger partial charge in [0.15, 0.2) is 0 Å². The second kappa shape index (κ2) is 3.84. The van der Waals surface area contributed by atoms with Gasteiger partial charge in [-0.2, -0.15) is 0 Å². The predicted molar refractivity (Wildman–Crippen MR) is 73.3 cm³/mol. The fourth-order valence-electron chi connectivity index (χ4n) is 2.97. The molecule has 3 rings (SSSR count). The third kappa shape index (κ3) is 1.86. The number of hydrogen-bond donors (Lipinski definition) is 1. The smallest absolute Gasteiger partial charge is 0.400 e. The number of hydrogen-bond acceptors (Lipinski definition) is 3. The quantitative estimate of drug-likeness (QED) is 0.723. The van der Waals surface area contributed by atoms with E-state index in [-0.39, 0.29) is 18.3 Å². The molecule has 1 aliphatic carbocycles. The molecule has 0 aromatic carbocycles. The minimum absolute atomic E-state index is 0.125. The van der Waals surface area contributed by atoms with Crippen molar-refractivity contribution < 1.29 is 9.31 Å². The fraction of sp³-hybridized carbons (Fsp3) is 0.857. The monoisotopic (exact) mass is 249 g/mol. The molecule has 4 heteroatoms. The molecule has 0 saturated carbocycles. The van der Waals surface area contributed by atoms with Crippen LogP contribution in [-0.4, -0.2) is 31.4 Å². The van der Waals surface area contributed by atoms with E-state index in [4.69, 9.17) is 9.31 Å². The van der Waals surface area contributed by atoms with Gasteiger partial charge in [0.1, 0.15) is 0 Å². The largest absolute Gasteiger partial charge is 0.490 e. The average Bonchev–Trinajstić information content (AvgIpc) is 2.46. The van der Waals surface area contributed by atoms with Crippen LogP contribution in [-0.2, 0) is 9.31 Å². The first-order valence-corrected chi connectivity index (χ1v) is 7.09. The van der Waals surface area contributed by atoms with Gasteiger partial charge >= 0.3 is 7.12 Å². The Kier molecular flexibility index (Phi) is 2.71. The summed E-state index contributed by atoms with van der Waals surface area (Å²) in [5.74, 6) is 0. The second-order valence-electron chi connectivity index (χ2n) is 7.17. The third-order valence-corrected chi connectivity index (χ3v) is 5.30. The highest BCUT2D eigenvalue weighted by Gasteiger charge is 2.53. The topological polar surface area (TPSA) is 30.5 Å². The molecule has 2 aliphatic heterocycles. The molecule has 2 saturated heterocycles. The van der Waals surface area contributed by atoms with E-state index in [9.17, 15) is 0 Å². The van der Waals surface area contributed by atoms with Crippen LogP contribution in [0.4, 0.5) is 0 Å². The summed E-state index contributed by atoms with van der Waals surface area (Å²) in [4.78, 5) is 0. The van der Waals surface area contributed by atoms with Gasteiger partial charge in [-0.3, -0.25) is 0 Å². The zero-order valence-electron chi connectivity index (χ0n) is 12.0. The summed E-state index contributed by atoms with van der Waals surface area (Å²) < 4.78 is 12.2. The molecule has 0 radical (unpaired) electrons. The van der Waals surface area contributed by atoms with Gasteiger partial charge in [0.05, 0.1) is 11.2 Å². The van der Waals surface area contributed by atoms with Crippen molar-refractivity contribution in [1.29, 1.82) is 0 Å². The molecule has 0 aromatic rings. The van der Waals surface area contributed by atoms with Gasteiger partial charge in [-0.25, -0.2) is 0 Å². The van der Waals surface area contributed by atoms with E-state index in [1.54, 1.807) is 0 Å². The fourth-order valence-corrected chi connectivity index (χ4v) is 2.97. The molecule has 0 aromatic heterocycles. The van der Waals surface area contributed by atoms with Crippen LogP contribution in [0.2, 0.25) is 0 Å². The Morgan fingerprint density at radius 2 is 1.72 bits per heavy atom. The molecule has 18 heavy (non-hydrogen) atoms. The van der Waals surface area contributed by atoms with E-state index in [0.717, 1.165) is 6.42 Å². The summed E-state index contributed by atoms with van der Waals surface area (Å²) >= 11 is 0. The summed E-state index contributed by atoms with van der Waals surface area (Å²) in [6.45, 7) is 10.8. The molecule has 0 atom stereocenters. The maximum absolute atomic E-state index is 6.12. The minimum atomic E-state index is -0.217. The lowest BCUT2D eigenvalue weighted by Gasteiger charge is -2.45. The van der Waals surface area contributed by atoms with Crippen molar-refractivity contribution in [1.82, 2.24) is 5.32 Å². The zero-order chi connectivity index (χ0) is 13.0. The van der Waals surface area contributed by atoms with Crippen LogP contribution < -0.4 is 5.32 Å². The Balaban J connectivity index is 1.71. The third-order valence-electron chi connectivity index (χ3n) is 5.30. The lowest BCUT2D eigenvalue weighted by atomic mass is 9.63. The first-order valence-electron chi connectivity index (χ1n) is 7.09. The van der Waals surface area contributed by atoms with E-state index in [1.807, 2.05) is 0 Å². The van der Waals surface area contributed by atoms with Crippen LogP contribution in [0.5, 0.6) is 0 Å². The second-order valence-corrected chi connectivity index (χ2v) is 7.17. The number of nitrogens with one attached hydrogen (secondary N) is 1. The molecular formula is C14H24BNO2. The summed E-state index contributed by atoms with van der Waals surface area (Å²) in [6, 6.07) is 0. The Morgan fingerprint density at radius 3 is 2.11 bits per heavy atom. The van der Waals surface area contributed by atoms with E-state index < -0.39 is 0 Å². The van der Waals surface area contributed by atoms with Crippen molar-refractivity contribution >= 4 is 7.12 Å². The van der Waals surface area contributed by atoms with Gasteiger partial charge < -0.3 is 14.6 Å². The van der Waals surface area contributed by atoms with E-state index in [2.05, 4.69) is 39.1 Å². The normalized spacial score (nSPS) is 32.2. The van der Waals surface area contributed by atoms with Gasteiger partial charge in [0.2, 0.25) is 0 Å². The van der Waals surface area contributed by atoms with E-state index in [0.29, 0.717) is 5.41 Å². The minimum Gasteiger partial charge on any atom is -0.400 e. The van der Waals surface area contributed by atoms with Crippen molar-refractivity contribution in [2.75, 3.05) is 13.1 Å². The molecule has 0 bridgehead atoms. The SMILES string of the molecule is CC1(C)OB(C2=CCC3(CC2)CNC3)OC1(C)C. The highest BCUT2D eigenvalue weighted by Crippen LogP contribution is 2.43. The Hall–Kier alpha value is -0.315. The molecule has 0 amide bonds. The maximum Gasteiger partial charge on any atom is 0.490 e. The Bertz CT molecular complexity index is 369. The molecule has 1 N–H and O–H groups in total. The molecular weight excluding hydrogens is 225 g/mol. The Labute approximate surface area is 110 Å². The average molecular weight is 249 g/mol. The van der Waals surface area contributed by atoms with Crippen LogP contribution >= 0.6 is 0 Å². The molecule has 100 valence electrons. The summed E-state index contributed by atoms with van der Waals surface area (Å²) in [5, 5.41) is 3.39. The Morgan fingerprint density at radius 1 is 1.11 bits per heavy atom. The van der Waals surface area contributed by atoms with Crippen molar-refractivity contribution in [2.24, 2.45) is 5.41 Å². The molecule has 3 aliphatic rings. The van der Waals surface area contributed by atoms with Gasteiger partial charge in [-0.1, -0.05) is 6.08 Å². The van der Waals surface area contributed by atoms with Gasteiger partial charge in [0.25, 0.3) is 0 Å². The highest BCUT2D eigenvalue weighted by atomic mass is 16.7. The summed E-state index contributed by atoms with van der Waals surface area (Å²) in [5.41, 5.74) is 1.47. The summed E-state index contributed by atoms with van der Waals surface area (Å²) in [6.07, 6.45) is 5.94. The molecule has 3 nitrogen and oxygen atoms in total. The lowest BCUT2D eigenvalue weighted by molar-refractivity contribution is 0.00578. The first-order chi connectivity index (χ1) is 8.34. The standard InChI is InChI=1S/C14H24BNO2/c1-12(2)13(3,4)18-15(17-12)11-5-7-14(8-6-11)9-16-10-14/h5,16H,6-10H2,1-4H3. The van der Waals surface area contributed by atoms with Crippen molar-refractivity contribution in [3.05, 3.63) is 11.5 Å². The van der Waals surface area contributed by atoms with Crippen molar-refractivity contribution in [2.45, 2.75) is 58.2 Å². The van der Waals surface area contributed by atoms with Gasteiger partial charge in [0, 0.05) is 13.1 Å². The van der Waals surface area contributed by atoms with Gasteiger partial charge in [-0.05, 0) is 57.8 Å². The summed E-state index contributed by atoms with van der Waals surface area (Å²) in [7, 11) is -0.125.